The minimum atomic E-state index is -4.39. The third kappa shape index (κ3) is 3.92. The molecule has 1 aliphatic carbocycles. The van der Waals surface area contributed by atoms with Gasteiger partial charge in [0.2, 0.25) is 0 Å². The molecule has 1 amide bonds. The topological polar surface area (TPSA) is 42.0 Å². The second-order valence-corrected chi connectivity index (χ2v) is 8.22. The molecule has 2 aromatic heterocycles. The number of amides is 1. The van der Waals surface area contributed by atoms with E-state index in [-0.39, 0.29) is 11.5 Å². The van der Waals surface area contributed by atoms with Crippen molar-refractivity contribution in [2.75, 3.05) is 5.32 Å². The lowest BCUT2D eigenvalue weighted by atomic mass is 9.92. The van der Waals surface area contributed by atoms with Gasteiger partial charge in [0.25, 0.3) is 5.91 Å². The Balaban J connectivity index is 1.64. The third-order valence-electron chi connectivity index (χ3n) is 5.11. The Morgan fingerprint density at radius 2 is 1.86 bits per heavy atom. The van der Waals surface area contributed by atoms with Gasteiger partial charge in [-0.3, -0.25) is 4.79 Å². The molecule has 0 unspecified atom stereocenters. The average Bonchev–Trinajstić information content (AvgIpc) is 3.09. The van der Waals surface area contributed by atoms with Crippen LogP contribution in [0.2, 0.25) is 0 Å². The Labute approximate surface area is 170 Å². The van der Waals surface area contributed by atoms with E-state index >= 15 is 0 Å². The number of halogens is 3. The fraction of sp³-hybridized carbons (Fsp3) is 0.273. The van der Waals surface area contributed by atoms with Crippen LogP contribution in [-0.2, 0) is 19.0 Å². The highest BCUT2D eigenvalue weighted by Crippen LogP contribution is 2.47. The number of hydrogen-bond acceptors (Lipinski definition) is 3. The van der Waals surface area contributed by atoms with Gasteiger partial charge in [0, 0.05) is 27.8 Å². The zero-order chi connectivity index (χ0) is 20.6. The maximum absolute atomic E-state index is 13.6. The van der Waals surface area contributed by atoms with Crippen molar-refractivity contribution in [3.8, 4) is 11.1 Å². The molecular weight excluding hydrogens is 397 g/mol. The summed E-state index contributed by atoms with van der Waals surface area (Å²) < 4.78 is 40.9. The molecule has 29 heavy (non-hydrogen) atoms. The fourth-order valence-electron chi connectivity index (χ4n) is 3.70. The smallest absolute Gasteiger partial charge is 0.307 e. The Morgan fingerprint density at radius 1 is 1.10 bits per heavy atom. The van der Waals surface area contributed by atoms with Crippen LogP contribution in [0.5, 0.6) is 0 Å². The lowest BCUT2D eigenvalue weighted by Gasteiger charge is -2.14. The number of thiophene rings is 1. The van der Waals surface area contributed by atoms with Gasteiger partial charge in [-0.1, -0.05) is 18.2 Å². The van der Waals surface area contributed by atoms with Crippen LogP contribution in [0.4, 0.5) is 19.0 Å². The molecule has 0 bridgehead atoms. The lowest BCUT2D eigenvalue weighted by molar-refractivity contribution is -0.133. The maximum atomic E-state index is 13.6. The summed E-state index contributed by atoms with van der Waals surface area (Å²) in [6, 6.07) is 10.3. The van der Waals surface area contributed by atoms with Crippen molar-refractivity contribution in [3.63, 3.8) is 0 Å². The van der Waals surface area contributed by atoms with Crippen LogP contribution in [0.1, 0.15) is 44.1 Å². The molecule has 4 rings (SSSR count). The number of rotatable bonds is 3. The van der Waals surface area contributed by atoms with Gasteiger partial charge >= 0.3 is 6.18 Å². The second kappa shape index (κ2) is 7.63. The summed E-state index contributed by atoms with van der Waals surface area (Å²) >= 11 is 0.855. The van der Waals surface area contributed by atoms with E-state index in [2.05, 4.69) is 10.3 Å². The predicted molar refractivity (Wildman–Crippen MR) is 108 cm³/mol. The first kappa shape index (κ1) is 19.6. The number of aromatic nitrogens is 1. The van der Waals surface area contributed by atoms with Crippen LogP contribution in [0.15, 0.2) is 42.6 Å². The molecule has 0 aliphatic heterocycles. The number of fused-ring (bicyclic) bond motifs is 1. The number of carbonyl (C=O) groups is 1. The Kier molecular flexibility index (Phi) is 5.17. The SMILES string of the molecule is Cc1ccccc1C(=O)Nc1ccc(-c2c(C(F)(F)F)sc3c2CCCC3)cn1. The van der Waals surface area contributed by atoms with Crippen LogP contribution in [-0.4, -0.2) is 10.9 Å². The first-order chi connectivity index (χ1) is 13.8. The first-order valence-electron chi connectivity index (χ1n) is 9.39. The molecule has 0 fully saturated rings. The molecule has 0 saturated heterocycles. The largest absolute Gasteiger partial charge is 0.426 e. The van der Waals surface area contributed by atoms with E-state index < -0.39 is 11.1 Å². The van der Waals surface area contributed by atoms with E-state index in [1.165, 1.54) is 6.20 Å². The van der Waals surface area contributed by atoms with Gasteiger partial charge in [-0.05, 0) is 61.9 Å². The zero-order valence-electron chi connectivity index (χ0n) is 15.8. The summed E-state index contributed by atoms with van der Waals surface area (Å²) in [5.41, 5.74) is 2.85. The van der Waals surface area contributed by atoms with Gasteiger partial charge in [0.1, 0.15) is 10.7 Å². The summed E-state index contributed by atoms with van der Waals surface area (Å²) in [7, 11) is 0. The number of nitrogens with one attached hydrogen (secondary N) is 1. The monoisotopic (exact) mass is 416 g/mol. The fourth-order valence-corrected chi connectivity index (χ4v) is 4.98. The van der Waals surface area contributed by atoms with E-state index in [4.69, 9.17) is 0 Å². The second-order valence-electron chi connectivity index (χ2n) is 7.11. The molecule has 2 heterocycles. The normalized spacial score (nSPS) is 13.8. The first-order valence-corrected chi connectivity index (χ1v) is 10.2. The standard InChI is InChI=1S/C22H19F3N2OS/c1-13-6-2-3-7-15(13)21(28)27-18-11-10-14(12-26-18)19-16-8-4-5-9-17(16)29-20(19)22(23,24)25/h2-3,6-7,10-12H,4-5,8-9H2,1H3,(H,26,27,28). The number of alkyl halides is 3. The van der Waals surface area contributed by atoms with Gasteiger partial charge in [-0.2, -0.15) is 13.2 Å². The van der Waals surface area contributed by atoms with Gasteiger partial charge in [-0.15, -0.1) is 11.3 Å². The molecule has 1 aliphatic rings. The molecule has 3 nitrogen and oxygen atoms in total. The molecule has 3 aromatic rings. The highest BCUT2D eigenvalue weighted by molar-refractivity contribution is 7.12. The van der Waals surface area contributed by atoms with Crippen LogP contribution in [0.25, 0.3) is 11.1 Å². The summed E-state index contributed by atoms with van der Waals surface area (Å²) in [4.78, 5) is 16.9. The number of hydrogen-bond donors (Lipinski definition) is 1. The highest BCUT2D eigenvalue weighted by Gasteiger charge is 2.38. The van der Waals surface area contributed by atoms with Crippen molar-refractivity contribution >= 4 is 23.1 Å². The van der Waals surface area contributed by atoms with Crippen LogP contribution in [0, 0.1) is 6.92 Å². The quantitative estimate of drug-likeness (QED) is 0.547. The van der Waals surface area contributed by atoms with E-state index in [0.29, 0.717) is 29.8 Å². The molecular formula is C22H19F3N2OS. The number of nitrogens with zero attached hydrogens (tertiary/aromatic N) is 1. The van der Waals surface area contributed by atoms with Crippen molar-refractivity contribution < 1.29 is 18.0 Å². The van der Waals surface area contributed by atoms with Crippen molar-refractivity contribution in [1.29, 1.82) is 0 Å². The van der Waals surface area contributed by atoms with Gasteiger partial charge in [-0.25, -0.2) is 4.98 Å². The summed E-state index contributed by atoms with van der Waals surface area (Å²) in [5.74, 6) is 0.00639. The van der Waals surface area contributed by atoms with Gasteiger partial charge in [0.05, 0.1) is 0 Å². The highest BCUT2D eigenvalue weighted by atomic mass is 32.1. The lowest BCUT2D eigenvalue weighted by Crippen LogP contribution is -2.14. The minimum absolute atomic E-state index is 0.251. The third-order valence-corrected chi connectivity index (χ3v) is 6.45. The predicted octanol–water partition coefficient (Wildman–Crippen LogP) is 6.27. The molecule has 150 valence electrons. The Bertz CT molecular complexity index is 1050. The van der Waals surface area contributed by atoms with E-state index in [9.17, 15) is 18.0 Å². The van der Waals surface area contributed by atoms with Crippen molar-refractivity contribution in [2.45, 2.75) is 38.8 Å². The number of benzene rings is 1. The molecule has 0 spiro atoms. The summed E-state index contributed by atoms with van der Waals surface area (Å²) in [6.45, 7) is 1.84. The number of pyridine rings is 1. The van der Waals surface area contributed by atoms with Gasteiger partial charge in [0.15, 0.2) is 0 Å². The average molecular weight is 416 g/mol. The number of aryl methyl sites for hydroxylation is 2. The Hall–Kier alpha value is -2.67. The molecule has 7 heteroatoms. The van der Waals surface area contributed by atoms with Crippen LogP contribution < -0.4 is 5.32 Å². The van der Waals surface area contributed by atoms with E-state index in [1.807, 2.05) is 19.1 Å². The van der Waals surface area contributed by atoms with Crippen molar-refractivity contribution in [1.82, 2.24) is 4.98 Å². The minimum Gasteiger partial charge on any atom is -0.307 e. The molecule has 0 radical (unpaired) electrons. The molecule has 0 atom stereocenters. The van der Waals surface area contributed by atoms with Crippen molar-refractivity contribution in [3.05, 3.63) is 69.0 Å². The van der Waals surface area contributed by atoms with Crippen LogP contribution in [0.3, 0.4) is 0 Å². The van der Waals surface area contributed by atoms with Gasteiger partial charge < -0.3 is 5.32 Å². The molecule has 0 saturated carbocycles. The van der Waals surface area contributed by atoms with E-state index in [0.717, 1.165) is 40.2 Å². The molecule has 1 aromatic carbocycles. The summed E-state index contributed by atoms with van der Waals surface area (Å²) in [6.07, 6.45) is 0.192. The summed E-state index contributed by atoms with van der Waals surface area (Å²) in [5, 5.41) is 2.71. The Morgan fingerprint density at radius 3 is 2.55 bits per heavy atom. The van der Waals surface area contributed by atoms with Crippen LogP contribution >= 0.6 is 11.3 Å². The molecule has 1 N–H and O–H groups in total. The van der Waals surface area contributed by atoms with E-state index in [1.54, 1.807) is 24.3 Å². The maximum Gasteiger partial charge on any atom is 0.426 e. The number of carbonyl (C=O) groups excluding carboxylic acids is 1. The zero-order valence-corrected chi connectivity index (χ0v) is 16.6. The van der Waals surface area contributed by atoms with Crippen molar-refractivity contribution in [2.24, 2.45) is 0 Å². The number of anilines is 1.